The van der Waals surface area contributed by atoms with Gasteiger partial charge >= 0.3 is 23.5 Å². The second kappa shape index (κ2) is 8.77. The largest absolute Gasteiger partial charge is 0.490 e. The molecule has 1 aliphatic rings. The van der Waals surface area contributed by atoms with Gasteiger partial charge in [0.15, 0.2) is 0 Å². The van der Waals surface area contributed by atoms with Crippen LogP contribution in [0.5, 0.6) is 0 Å². The van der Waals surface area contributed by atoms with Gasteiger partial charge in [-0.05, 0) is 25.0 Å². The van der Waals surface area contributed by atoms with Gasteiger partial charge in [-0.2, -0.15) is 8.62 Å². The standard InChI is InChI=1S/C14H17N4O12P3/c19-14-9-3-11-12(4-10(9)15-6-16-14)18(7-17-11)13-2-1-8(28-13)5-27-32(23,24)30-33(25,26)29-31(20,21)22/h3-4,6-8,13H,1-2,5H2,(H,23,24)(H,25,26)(H,15,16,19)(H2,20,21,22). The highest BCUT2D eigenvalue weighted by atomic mass is 31.3. The van der Waals surface area contributed by atoms with Crippen LogP contribution in [0.25, 0.3) is 21.9 Å². The lowest BCUT2D eigenvalue weighted by Gasteiger charge is -2.19. The van der Waals surface area contributed by atoms with E-state index < -0.39 is 42.4 Å². The maximum Gasteiger partial charge on any atom is 0.490 e. The number of rotatable bonds is 8. The number of imidazole rings is 1. The third kappa shape index (κ3) is 5.83. The zero-order chi connectivity index (χ0) is 24.0. The molecular weight excluding hydrogens is 509 g/mol. The second-order valence-electron chi connectivity index (χ2n) is 6.92. The van der Waals surface area contributed by atoms with E-state index in [0.29, 0.717) is 34.8 Å². The normalized spacial score (nSPS) is 23.0. The minimum Gasteiger partial charge on any atom is -0.352 e. The van der Waals surface area contributed by atoms with Crippen molar-refractivity contribution in [2.75, 3.05) is 6.61 Å². The van der Waals surface area contributed by atoms with Crippen LogP contribution in [0.4, 0.5) is 0 Å². The number of benzene rings is 1. The van der Waals surface area contributed by atoms with Crippen LogP contribution in [0, 0.1) is 0 Å². The van der Waals surface area contributed by atoms with E-state index in [1.54, 1.807) is 16.7 Å². The van der Waals surface area contributed by atoms with E-state index in [2.05, 4.69) is 28.1 Å². The van der Waals surface area contributed by atoms with E-state index in [1.165, 1.54) is 12.7 Å². The lowest BCUT2D eigenvalue weighted by Crippen LogP contribution is -2.16. The molecule has 16 nitrogen and oxygen atoms in total. The van der Waals surface area contributed by atoms with Gasteiger partial charge in [0.2, 0.25) is 0 Å². The van der Waals surface area contributed by atoms with E-state index in [4.69, 9.17) is 14.5 Å². The van der Waals surface area contributed by atoms with Gasteiger partial charge in [0, 0.05) is 0 Å². The predicted octanol–water partition coefficient (Wildman–Crippen LogP) is 1.29. The lowest BCUT2D eigenvalue weighted by molar-refractivity contribution is -0.0202. The van der Waals surface area contributed by atoms with Crippen LogP contribution >= 0.6 is 23.5 Å². The molecule has 180 valence electrons. The molecule has 1 aliphatic heterocycles. The molecule has 0 spiro atoms. The molecule has 1 saturated heterocycles. The molecule has 1 fully saturated rings. The van der Waals surface area contributed by atoms with Gasteiger partial charge in [0.05, 0.1) is 47.3 Å². The lowest BCUT2D eigenvalue weighted by atomic mass is 10.2. The average Bonchev–Trinajstić information content (AvgIpc) is 3.29. The summed E-state index contributed by atoms with van der Waals surface area (Å²) in [5, 5.41) is 0.372. The number of phosphoric acid groups is 3. The van der Waals surface area contributed by atoms with Crippen LogP contribution in [-0.4, -0.2) is 51.8 Å². The Morgan fingerprint density at radius 1 is 1.06 bits per heavy atom. The second-order valence-corrected chi connectivity index (χ2v) is 11.3. The number of hydrogen-bond acceptors (Lipinski definition) is 10. The predicted molar refractivity (Wildman–Crippen MR) is 109 cm³/mol. The van der Waals surface area contributed by atoms with Gasteiger partial charge in [-0.3, -0.25) is 9.32 Å². The Morgan fingerprint density at radius 2 is 1.82 bits per heavy atom. The summed E-state index contributed by atoms with van der Waals surface area (Å²) < 4.78 is 53.3. The summed E-state index contributed by atoms with van der Waals surface area (Å²) in [6, 6.07) is 3.27. The Hall–Kier alpha value is -1.80. The van der Waals surface area contributed by atoms with Gasteiger partial charge in [-0.1, -0.05) is 0 Å². The molecular formula is C14H17N4O12P3. The van der Waals surface area contributed by atoms with Crippen LogP contribution in [-0.2, 0) is 31.6 Å². The fourth-order valence-electron chi connectivity index (χ4n) is 3.31. The molecule has 4 atom stereocenters. The Labute approximate surface area is 183 Å². The van der Waals surface area contributed by atoms with Crippen LogP contribution in [0.1, 0.15) is 19.1 Å². The SMILES string of the molecule is O=c1[nH]cnc2cc3c(cc12)ncn3C1CCC(COP(=O)(O)OP(=O)(O)OP(=O)(O)O)O1. The smallest absolute Gasteiger partial charge is 0.352 e. The zero-order valence-electron chi connectivity index (χ0n) is 16.3. The molecule has 33 heavy (non-hydrogen) atoms. The Morgan fingerprint density at radius 3 is 2.55 bits per heavy atom. The summed E-state index contributed by atoms with van der Waals surface area (Å²) in [5.74, 6) is 0. The van der Waals surface area contributed by atoms with E-state index in [-0.39, 0.29) is 5.56 Å². The van der Waals surface area contributed by atoms with Gasteiger partial charge in [-0.15, -0.1) is 0 Å². The Kier molecular flexibility index (Phi) is 6.46. The van der Waals surface area contributed by atoms with Crippen LogP contribution in [0.2, 0.25) is 0 Å². The number of ether oxygens (including phenoxy) is 1. The number of aromatic amines is 1. The van der Waals surface area contributed by atoms with Crippen molar-refractivity contribution in [3.05, 3.63) is 35.1 Å². The monoisotopic (exact) mass is 526 g/mol. The van der Waals surface area contributed by atoms with Crippen molar-refractivity contribution in [2.24, 2.45) is 0 Å². The molecule has 4 unspecified atom stereocenters. The van der Waals surface area contributed by atoms with Crippen molar-refractivity contribution in [1.29, 1.82) is 0 Å². The van der Waals surface area contributed by atoms with Crippen molar-refractivity contribution in [3.8, 4) is 0 Å². The molecule has 5 N–H and O–H groups in total. The summed E-state index contributed by atoms with van der Waals surface area (Å²) in [6.07, 6.45) is 2.35. The van der Waals surface area contributed by atoms with Crippen molar-refractivity contribution in [3.63, 3.8) is 0 Å². The quantitative estimate of drug-likeness (QED) is 0.260. The van der Waals surface area contributed by atoms with E-state index in [9.17, 15) is 28.3 Å². The summed E-state index contributed by atoms with van der Waals surface area (Å²) >= 11 is 0. The molecule has 2 aromatic heterocycles. The number of H-pyrrole nitrogens is 1. The van der Waals surface area contributed by atoms with Gasteiger partial charge in [0.1, 0.15) is 6.23 Å². The minimum absolute atomic E-state index is 0.306. The van der Waals surface area contributed by atoms with E-state index in [0.717, 1.165) is 0 Å². The van der Waals surface area contributed by atoms with Gasteiger partial charge < -0.3 is 33.9 Å². The highest BCUT2D eigenvalue weighted by Gasteiger charge is 2.41. The van der Waals surface area contributed by atoms with Crippen LogP contribution in [0.15, 0.2) is 29.6 Å². The average molecular weight is 526 g/mol. The summed E-state index contributed by atoms with van der Waals surface area (Å²) in [5.41, 5.74) is 1.32. The van der Waals surface area contributed by atoms with Gasteiger partial charge in [-0.25, -0.2) is 23.7 Å². The van der Waals surface area contributed by atoms with Crippen molar-refractivity contribution in [2.45, 2.75) is 25.2 Å². The highest BCUT2D eigenvalue weighted by Crippen LogP contribution is 2.66. The first-order chi connectivity index (χ1) is 15.3. The maximum atomic E-state index is 11.9. The highest BCUT2D eigenvalue weighted by molar-refractivity contribution is 7.66. The molecule has 3 aromatic rings. The minimum atomic E-state index is -5.58. The molecule has 0 aliphatic carbocycles. The molecule has 0 bridgehead atoms. The number of nitrogens with zero attached hydrogens (tertiary/aromatic N) is 3. The van der Waals surface area contributed by atoms with Gasteiger partial charge in [0.25, 0.3) is 5.56 Å². The van der Waals surface area contributed by atoms with Crippen molar-refractivity contribution < 1.29 is 51.2 Å². The fraction of sp³-hybridized carbons (Fsp3) is 0.357. The Bertz CT molecular complexity index is 1400. The number of aromatic nitrogens is 4. The molecule has 1 aromatic carbocycles. The van der Waals surface area contributed by atoms with E-state index in [1.807, 2.05) is 0 Å². The first kappa shape index (κ1) is 24.3. The topological polar surface area (TPSA) is 233 Å². The first-order valence-corrected chi connectivity index (χ1v) is 13.6. The van der Waals surface area contributed by atoms with Crippen molar-refractivity contribution >= 4 is 45.4 Å². The van der Waals surface area contributed by atoms with Crippen LogP contribution < -0.4 is 5.56 Å². The number of phosphoric ester groups is 1. The van der Waals surface area contributed by atoms with Crippen LogP contribution in [0.3, 0.4) is 0 Å². The molecule has 19 heteroatoms. The first-order valence-electron chi connectivity index (χ1n) is 9.10. The number of fused-ring (bicyclic) bond motifs is 2. The summed E-state index contributed by atoms with van der Waals surface area (Å²) in [6.45, 7) is -0.535. The van der Waals surface area contributed by atoms with Crippen molar-refractivity contribution in [1.82, 2.24) is 19.5 Å². The van der Waals surface area contributed by atoms with E-state index >= 15 is 0 Å². The maximum absolute atomic E-state index is 11.9. The third-order valence-corrected chi connectivity index (χ3v) is 8.37. The fourth-order valence-corrected chi connectivity index (χ4v) is 6.36. The molecule has 3 heterocycles. The molecule has 0 amide bonds. The molecule has 4 rings (SSSR count). The summed E-state index contributed by atoms with van der Waals surface area (Å²) in [4.78, 5) is 58.6. The summed E-state index contributed by atoms with van der Waals surface area (Å²) in [7, 11) is -16.3. The number of hydrogen-bond donors (Lipinski definition) is 5. The number of nitrogens with one attached hydrogen (secondary N) is 1. The Balaban J connectivity index is 1.42. The third-order valence-electron chi connectivity index (χ3n) is 4.57. The molecule has 0 radical (unpaired) electrons. The zero-order valence-corrected chi connectivity index (χ0v) is 19.0. The molecule has 0 saturated carbocycles.